The van der Waals surface area contributed by atoms with Gasteiger partial charge in [0.15, 0.2) is 0 Å². The van der Waals surface area contributed by atoms with Crippen LogP contribution in [0.15, 0.2) is 0 Å². The Hall–Kier alpha value is -1.63. The van der Waals surface area contributed by atoms with Crippen molar-refractivity contribution in [3.8, 4) is 0 Å². The fourth-order valence-corrected chi connectivity index (χ4v) is 0. The lowest BCUT2D eigenvalue weighted by Gasteiger charge is -1.71. The molecule has 0 aliphatic rings. The van der Waals surface area contributed by atoms with E-state index < -0.39 is 17.9 Å². The Morgan fingerprint density at radius 1 is 0.706 bits per heavy atom. The van der Waals surface area contributed by atoms with Crippen LogP contribution in [0.3, 0.4) is 0 Å². The number of hydrogen-bond acceptors (Lipinski definition) is 4. The Labute approximate surface area is 101 Å². The van der Waals surface area contributed by atoms with Gasteiger partial charge in [0, 0.05) is 19.3 Å². The molecule has 104 valence electrons. The second-order valence-corrected chi connectivity index (χ2v) is 2.24. The van der Waals surface area contributed by atoms with Gasteiger partial charge in [-0.2, -0.15) is 0 Å². The zero-order valence-corrected chi connectivity index (χ0v) is 10.8. The molecule has 0 unspecified atom stereocenters. The molecule has 0 rings (SSSR count). The van der Waals surface area contributed by atoms with Crippen molar-refractivity contribution in [2.75, 3.05) is 7.05 Å². The molecule has 0 saturated carbocycles. The number of carboxylic acids is 3. The largest absolute Gasteiger partial charge is 0.481 e. The molecule has 0 radical (unpaired) electrons. The van der Waals surface area contributed by atoms with Gasteiger partial charge in [-0.1, -0.05) is 20.8 Å². The van der Waals surface area contributed by atoms with Crippen LogP contribution in [0, 0.1) is 0 Å². The summed E-state index contributed by atoms with van der Waals surface area (Å²) in [6, 6.07) is 0. The van der Waals surface area contributed by atoms with Gasteiger partial charge in [-0.25, -0.2) is 0 Å². The molecule has 5 N–H and O–H groups in total. The maximum Gasteiger partial charge on any atom is 0.303 e. The van der Waals surface area contributed by atoms with Crippen molar-refractivity contribution in [1.82, 2.24) is 0 Å². The SMILES string of the molecule is CCC(=O)O.CCC(=O)O.CCC(=O)O.CN. The number of rotatable bonds is 3. The van der Waals surface area contributed by atoms with Gasteiger partial charge in [-0.15, -0.1) is 0 Å². The van der Waals surface area contributed by atoms with Gasteiger partial charge in [0.05, 0.1) is 0 Å². The van der Waals surface area contributed by atoms with Crippen LogP contribution in [-0.2, 0) is 14.4 Å². The van der Waals surface area contributed by atoms with E-state index in [4.69, 9.17) is 15.3 Å². The third kappa shape index (κ3) is 115. The summed E-state index contributed by atoms with van der Waals surface area (Å²) < 4.78 is 0. The summed E-state index contributed by atoms with van der Waals surface area (Å²) in [5.41, 5.74) is 4.50. The van der Waals surface area contributed by atoms with Crippen LogP contribution in [0.5, 0.6) is 0 Å². The van der Waals surface area contributed by atoms with Gasteiger partial charge in [-0.3, -0.25) is 14.4 Å². The predicted octanol–water partition coefficient (Wildman–Crippen LogP) is 1.02. The van der Waals surface area contributed by atoms with Gasteiger partial charge in [-0.05, 0) is 7.05 Å². The molecular formula is C10H23NO6. The van der Waals surface area contributed by atoms with Crippen LogP contribution in [0.2, 0.25) is 0 Å². The monoisotopic (exact) mass is 253 g/mol. The summed E-state index contributed by atoms with van der Waals surface area (Å²) in [6.07, 6.45) is 0.667. The highest BCUT2D eigenvalue weighted by atomic mass is 16.4. The minimum absolute atomic E-state index is 0.222. The van der Waals surface area contributed by atoms with Crippen molar-refractivity contribution in [3.05, 3.63) is 0 Å². The fourth-order valence-electron chi connectivity index (χ4n) is 0. The smallest absolute Gasteiger partial charge is 0.303 e. The minimum atomic E-state index is -0.745. The van der Waals surface area contributed by atoms with Crippen LogP contribution >= 0.6 is 0 Å². The molecule has 0 aliphatic heterocycles. The third-order valence-electron chi connectivity index (χ3n) is 0.907. The number of hydrogen-bond donors (Lipinski definition) is 4. The maximum atomic E-state index is 9.37. The van der Waals surface area contributed by atoms with E-state index >= 15 is 0 Å². The zero-order chi connectivity index (χ0) is 14.9. The summed E-state index contributed by atoms with van der Waals surface area (Å²) in [5.74, 6) is -2.24. The van der Waals surface area contributed by atoms with Crippen molar-refractivity contribution in [3.63, 3.8) is 0 Å². The minimum Gasteiger partial charge on any atom is -0.481 e. The summed E-state index contributed by atoms with van der Waals surface area (Å²) in [5, 5.41) is 23.2. The molecule has 0 heterocycles. The first-order chi connectivity index (χ1) is 7.81. The third-order valence-corrected chi connectivity index (χ3v) is 0.907. The molecule has 0 aliphatic carbocycles. The topological polar surface area (TPSA) is 138 Å². The quantitative estimate of drug-likeness (QED) is 0.588. The molecule has 0 aromatic rings. The van der Waals surface area contributed by atoms with E-state index in [1.165, 1.54) is 7.05 Å². The normalized spacial score (nSPS) is 6.88. The molecule has 0 aromatic heterocycles. The molecular weight excluding hydrogens is 230 g/mol. The molecule has 7 nitrogen and oxygen atoms in total. The fraction of sp³-hybridized carbons (Fsp3) is 0.700. The summed E-state index contributed by atoms with van der Waals surface area (Å²) in [7, 11) is 1.50. The number of carbonyl (C=O) groups is 3. The zero-order valence-electron chi connectivity index (χ0n) is 10.8. The van der Waals surface area contributed by atoms with Crippen molar-refractivity contribution in [2.45, 2.75) is 40.0 Å². The van der Waals surface area contributed by atoms with Gasteiger partial charge >= 0.3 is 17.9 Å². The highest BCUT2D eigenvalue weighted by molar-refractivity contribution is 5.66. The molecule has 0 spiro atoms. The molecule has 0 aromatic carbocycles. The summed E-state index contributed by atoms with van der Waals surface area (Å²) in [6.45, 7) is 4.80. The Morgan fingerprint density at radius 3 is 0.765 bits per heavy atom. The van der Waals surface area contributed by atoms with E-state index in [2.05, 4.69) is 5.73 Å². The molecule has 7 heteroatoms. The molecule has 0 bridgehead atoms. The summed E-state index contributed by atoms with van der Waals surface area (Å²) in [4.78, 5) is 28.1. The highest BCUT2D eigenvalue weighted by Gasteiger charge is 1.81. The first kappa shape index (κ1) is 24.6. The van der Waals surface area contributed by atoms with Crippen LogP contribution in [0.25, 0.3) is 0 Å². The van der Waals surface area contributed by atoms with E-state index in [9.17, 15) is 14.4 Å². The maximum absolute atomic E-state index is 9.37. The van der Waals surface area contributed by atoms with Gasteiger partial charge in [0.2, 0.25) is 0 Å². The molecule has 0 fully saturated rings. The predicted molar refractivity (Wildman–Crippen MR) is 63.9 cm³/mol. The highest BCUT2D eigenvalue weighted by Crippen LogP contribution is 1.68. The van der Waals surface area contributed by atoms with E-state index in [-0.39, 0.29) is 19.3 Å². The van der Waals surface area contributed by atoms with Gasteiger partial charge in [0.1, 0.15) is 0 Å². The second-order valence-electron chi connectivity index (χ2n) is 2.24. The Balaban J connectivity index is -0.0000000693. The molecule has 0 saturated heterocycles. The lowest BCUT2D eigenvalue weighted by molar-refractivity contribution is -0.137. The first-order valence-electron chi connectivity index (χ1n) is 5.04. The Morgan fingerprint density at radius 2 is 0.765 bits per heavy atom. The lowest BCUT2D eigenvalue weighted by Crippen LogP contribution is -1.86. The van der Waals surface area contributed by atoms with Crippen molar-refractivity contribution >= 4 is 17.9 Å². The van der Waals surface area contributed by atoms with Gasteiger partial charge in [0.25, 0.3) is 0 Å². The number of aliphatic carboxylic acids is 3. The van der Waals surface area contributed by atoms with Crippen molar-refractivity contribution in [1.29, 1.82) is 0 Å². The van der Waals surface area contributed by atoms with Gasteiger partial charge < -0.3 is 21.1 Å². The van der Waals surface area contributed by atoms with Crippen LogP contribution in [0.4, 0.5) is 0 Å². The second kappa shape index (κ2) is 23.9. The van der Waals surface area contributed by atoms with E-state index in [0.29, 0.717) is 0 Å². The first-order valence-corrected chi connectivity index (χ1v) is 5.04. The van der Waals surface area contributed by atoms with E-state index in [1.54, 1.807) is 20.8 Å². The van der Waals surface area contributed by atoms with E-state index in [1.807, 2.05) is 0 Å². The molecule has 0 atom stereocenters. The lowest BCUT2D eigenvalue weighted by atomic mass is 10.5. The van der Waals surface area contributed by atoms with Crippen molar-refractivity contribution in [2.24, 2.45) is 5.73 Å². The Kier molecular flexibility index (Phi) is 34.5. The average Bonchev–Trinajstić information content (AvgIpc) is 2.32. The summed E-state index contributed by atoms with van der Waals surface area (Å²) >= 11 is 0. The molecule has 0 amide bonds. The standard InChI is InChI=1S/3C3H6O2.CH5N/c3*1-2-3(4)5;1-2/h3*2H2,1H3,(H,4,5);2H2,1H3. The van der Waals surface area contributed by atoms with Crippen LogP contribution < -0.4 is 5.73 Å². The Bertz CT molecular complexity index is 160. The van der Waals surface area contributed by atoms with Crippen LogP contribution in [0.1, 0.15) is 40.0 Å². The van der Waals surface area contributed by atoms with Crippen molar-refractivity contribution < 1.29 is 29.7 Å². The molecule has 17 heavy (non-hydrogen) atoms. The number of carboxylic acid groups (broad SMARTS) is 3. The van der Waals surface area contributed by atoms with E-state index in [0.717, 1.165) is 0 Å². The van der Waals surface area contributed by atoms with Crippen LogP contribution in [-0.4, -0.2) is 40.3 Å². The number of nitrogens with two attached hydrogens (primary N) is 1. The average molecular weight is 253 g/mol.